The standard InChI is InChI=1S/C17H17BrN2O3S/c1-11-5-8-15(18)16(9-11)20-24(22,23)14-4-2-3-12(10-14)17(21)19-13-6-7-13/h2-5,8-10,13,20H,6-7H2,1H3,(H,19,21). The van der Waals surface area contributed by atoms with Crippen LogP contribution in [0.5, 0.6) is 0 Å². The molecule has 0 aliphatic heterocycles. The fraction of sp³-hybridized carbons (Fsp3) is 0.235. The number of carbonyl (C=O) groups excluding carboxylic acids is 1. The van der Waals surface area contributed by atoms with Crippen LogP contribution in [0.15, 0.2) is 51.8 Å². The van der Waals surface area contributed by atoms with Gasteiger partial charge in [-0.15, -0.1) is 0 Å². The van der Waals surface area contributed by atoms with Crippen molar-refractivity contribution in [3.05, 3.63) is 58.1 Å². The number of nitrogens with one attached hydrogen (secondary N) is 2. The Bertz CT molecular complexity index is 892. The zero-order valence-corrected chi connectivity index (χ0v) is 15.4. The minimum atomic E-state index is -3.78. The van der Waals surface area contributed by atoms with Gasteiger partial charge in [-0.2, -0.15) is 0 Å². The lowest BCUT2D eigenvalue weighted by molar-refractivity contribution is 0.0951. The average molecular weight is 409 g/mol. The summed E-state index contributed by atoms with van der Waals surface area (Å²) in [5.74, 6) is -0.244. The molecular formula is C17H17BrN2O3S. The van der Waals surface area contributed by atoms with Gasteiger partial charge >= 0.3 is 0 Å². The Kier molecular flexibility index (Phi) is 4.64. The van der Waals surface area contributed by atoms with Crippen molar-refractivity contribution in [2.45, 2.75) is 30.7 Å². The van der Waals surface area contributed by atoms with Gasteiger partial charge in [0.05, 0.1) is 10.6 Å². The highest BCUT2D eigenvalue weighted by Crippen LogP contribution is 2.26. The van der Waals surface area contributed by atoms with Crippen molar-refractivity contribution >= 4 is 37.5 Å². The highest BCUT2D eigenvalue weighted by atomic mass is 79.9. The van der Waals surface area contributed by atoms with E-state index in [4.69, 9.17) is 0 Å². The first-order valence-corrected chi connectivity index (χ1v) is 9.83. The predicted molar refractivity (Wildman–Crippen MR) is 96.6 cm³/mol. The summed E-state index contributed by atoms with van der Waals surface area (Å²) in [6, 6.07) is 11.7. The first kappa shape index (κ1) is 17.0. The molecule has 2 N–H and O–H groups in total. The number of sulfonamides is 1. The number of benzene rings is 2. The van der Waals surface area contributed by atoms with Gasteiger partial charge in [0.2, 0.25) is 0 Å². The second kappa shape index (κ2) is 6.57. The van der Waals surface area contributed by atoms with E-state index in [1.165, 1.54) is 12.1 Å². The van der Waals surface area contributed by atoms with Gasteiger partial charge in [0.25, 0.3) is 15.9 Å². The molecule has 1 aliphatic carbocycles. The number of halogens is 1. The van der Waals surface area contributed by atoms with E-state index in [-0.39, 0.29) is 16.8 Å². The number of rotatable bonds is 5. The Balaban J connectivity index is 1.86. The summed E-state index contributed by atoms with van der Waals surface area (Å²) in [6.07, 6.45) is 1.96. The lowest BCUT2D eigenvalue weighted by atomic mass is 10.2. The summed E-state index contributed by atoms with van der Waals surface area (Å²) < 4.78 is 28.4. The van der Waals surface area contributed by atoms with Crippen LogP contribution in [0.4, 0.5) is 5.69 Å². The Hall–Kier alpha value is -1.86. The van der Waals surface area contributed by atoms with Crippen LogP contribution in [0.2, 0.25) is 0 Å². The maximum absolute atomic E-state index is 12.6. The van der Waals surface area contributed by atoms with E-state index in [2.05, 4.69) is 26.0 Å². The maximum atomic E-state index is 12.6. The molecule has 0 aromatic heterocycles. The quantitative estimate of drug-likeness (QED) is 0.795. The molecule has 0 unspecified atom stereocenters. The van der Waals surface area contributed by atoms with E-state index in [9.17, 15) is 13.2 Å². The number of carbonyl (C=O) groups is 1. The van der Waals surface area contributed by atoms with Crippen molar-refractivity contribution in [2.75, 3.05) is 4.72 Å². The van der Waals surface area contributed by atoms with Gasteiger partial charge in [0, 0.05) is 16.1 Å². The highest BCUT2D eigenvalue weighted by Gasteiger charge is 2.24. The fourth-order valence-corrected chi connectivity index (χ4v) is 3.81. The molecule has 1 fully saturated rings. The molecule has 126 valence electrons. The molecule has 2 aromatic carbocycles. The molecule has 24 heavy (non-hydrogen) atoms. The second-order valence-corrected chi connectivity index (χ2v) is 8.40. The van der Waals surface area contributed by atoms with Crippen molar-refractivity contribution in [3.8, 4) is 0 Å². The van der Waals surface area contributed by atoms with Crippen molar-refractivity contribution in [3.63, 3.8) is 0 Å². The van der Waals surface area contributed by atoms with Crippen molar-refractivity contribution < 1.29 is 13.2 Å². The highest BCUT2D eigenvalue weighted by molar-refractivity contribution is 9.10. The van der Waals surface area contributed by atoms with Crippen LogP contribution in [-0.2, 0) is 10.0 Å². The van der Waals surface area contributed by atoms with Gasteiger partial charge < -0.3 is 5.32 Å². The number of anilines is 1. The Morgan fingerprint density at radius 3 is 2.62 bits per heavy atom. The molecule has 0 heterocycles. The van der Waals surface area contributed by atoms with Crippen molar-refractivity contribution in [1.82, 2.24) is 5.32 Å². The molecule has 1 aliphatic rings. The van der Waals surface area contributed by atoms with E-state index < -0.39 is 10.0 Å². The first-order valence-electron chi connectivity index (χ1n) is 7.55. The average Bonchev–Trinajstić information content (AvgIpc) is 3.35. The molecule has 2 aromatic rings. The molecule has 0 bridgehead atoms. The smallest absolute Gasteiger partial charge is 0.261 e. The largest absolute Gasteiger partial charge is 0.349 e. The lowest BCUT2D eigenvalue weighted by Gasteiger charge is -2.11. The number of hydrogen-bond acceptors (Lipinski definition) is 3. The van der Waals surface area contributed by atoms with Crippen LogP contribution in [0.3, 0.4) is 0 Å². The molecule has 1 amide bonds. The van der Waals surface area contributed by atoms with Gasteiger partial charge in [0.1, 0.15) is 0 Å². The van der Waals surface area contributed by atoms with E-state index in [0.29, 0.717) is 15.7 Å². The van der Waals surface area contributed by atoms with Gasteiger partial charge in [-0.3, -0.25) is 9.52 Å². The van der Waals surface area contributed by atoms with E-state index >= 15 is 0 Å². The Morgan fingerprint density at radius 2 is 1.92 bits per heavy atom. The van der Waals surface area contributed by atoms with Crippen LogP contribution < -0.4 is 10.0 Å². The summed E-state index contributed by atoms with van der Waals surface area (Å²) in [7, 11) is -3.78. The van der Waals surface area contributed by atoms with E-state index in [1.807, 2.05) is 13.0 Å². The SMILES string of the molecule is Cc1ccc(Br)c(NS(=O)(=O)c2cccc(C(=O)NC3CC3)c2)c1. The van der Waals surface area contributed by atoms with Crippen LogP contribution >= 0.6 is 15.9 Å². The molecule has 0 spiro atoms. The molecule has 5 nitrogen and oxygen atoms in total. The van der Waals surface area contributed by atoms with Crippen LogP contribution in [0.1, 0.15) is 28.8 Å². The molecule has 1 saturated carbocycles. The zero-order chi connectivity index (χ0) is 17.3. The first-order chi connectivity index (χ1) is 11.3. The second-order valence-electron chi connectivity index (χ2n) is 5.86. The number of aryl methyl sites for hydroxylation is 1. The van der Waals surface area contributed by atoms with Gasteiger partial charge in [-0.25, -0.2) is 8.42 Å². The lowest BCUT2D eigenvalue weighted by Crippen LogP contribution is -2.25. The topological polar surface area (TPSA) is 75.3 Å². The molecule has 0 atom stereocenters. The zero-order valence-electron chi connectivity index (χ0n) is 13.0. The third kappa shape index (κ3) is 3.96. The minimum Gasteiger partial charge on any atom is -0.349 e. The van der Waals surface area contributed by atoms with Gasteiger partial charge in [-0.05, 0) is 71.6 Å². The normalized spacial score (nSPS) is 14.2. The summed E-state index contributed by atoms with van der Waals surface area (Å²) in [5, 5.41) is 2.85. The summed E-state index contributed by atoms with van der Waals surface area (Å²) in [4.78, 5) is 12.2. The van der Waals surface area contributed by atoms with Crippen molar-refractivity contribution in [2.24, 2.45) is 0 Å². The fourth-order valence-electron chi connectivity index (χ4n) is 2.22. The third-order valence-electron chi connectivity index (χ3n) is 3.69. The Labute approximate surface area is 149 Å². The molecular weight excluding hydrogens is 392 g/mol. The van der Waals surface area contributed by atoms with E-state index in [1.54, 1.807) is 24.3 Å². The number of hydrogen-bond donors (Lipinski definition) is 2. The van der Waals surface area contributed by atoms with Crippen molar-refractivity contribution in [1.29, 1.82) is 0 Å². The summed E-state index contributed by atoms with van der Waals surface area (Å²) in [6.45, 7) is 1.88. The monoisotopic (exact) mass is 408 g/mol. The minimum absolute atomic E-state index is 0.0550. The van der Waals surface area contributed by atoms with Gasteiger partial charge in [0.15, 0.2) is 0 Å². The molecule has 7 heteroatoms. The third-order valence-corrected chi connectivity index (χ3v) is 5.74. The number of amides is 1. The maximum Gasteiger partial charge on any atom is 0.261 e. The van der Waals surface area contributed by atoms with Crippen LogP contribution in [0.25, 0.3) is 0 Å². The molecule has 0 radical (unpaired) electrons. The summed E-state index contributed by atoms with van der Waals surface area (Å²) >= 11 is 3.34. The predicted octanol–water partition coefficient (Wildman–Crippen LogP) is 3.45. The van der Waals surface area contributed by atoms with Gasteiger partial charge in [-0.1, -0.05) is 12.1 Å². The molecule has 0 saturated heterocycles. The Morgan fingerprint density at radius 1 is 1.17 bits per heavy atom. The van der Waals surface area contributed by atoms with Crippen LogP contribution in [0, 0.1) is 6.92 Å². The summed E-state index contributed by atoms with van der Waals surface area (Å²) in [5.41, 5.74) is 1.74. The molecule has 3 rings (SSSR count). The van der Waals surface area contributed by atoms with E-state index in [0.717, 1.165) is 18.4 Å². The van der Waals surface area contributed by atoms with Crippen LogP contribution in [-0.4, -0.2) is 20.4 Å².